The Hall–Kier alpha value is -6.24. The van der Waals surface area contributed by atoms with Crippen molar-refractivity contribution in [3.05, 3.63) is 192 Å². The van der Waals surface area contributed by atoms with Crippen LogP contribution in [0.3, 0.4) is 0 Å². The van der Waals surface area contributed by atoms with Crippen LogP contribution in [-0.2, 0) is 5.41 Å². The van der Waals surface area contributed by atoms with Crippen LogP contribution >= 0.6 is 0 Å². The van der Waals surface area contributed by atoms with Crippen molar-refractivity contribution in [3.63, 3.8) is 0 Å². The molecule has 0 amide bonds. The molecule has 258 valence electrons. The highest BCUT2D eigenvalue weighted by Gasteiger charge is 2.36. The molecular weight excluding hydrogens is 649 g/mol. The second-order valence-electron chi connectivity index (χ2n) is 15.9. The number of benzene rings is 9. The fourth-order valence-electron chi connectivity index (χ4n) is 9.52. The van der Waals surface area contributed by atoms with E-state index < -0.39 is 0 Å². The largest absolute Gasteiger partial charge is 0.0622 e. The van der Waals surface area contributed by atoms with E-state index in [2.05, 4.69) is 198 Å². The molecule has 0 heterocycles. The Labute approximate surface area is 318 Å². The lowest BCUT2D eigenvalue weighted by molar-refractivity contribution is 0.663. The standard InChI is InChI=1S/C54H42/c1-33-24-34(2)51(35(3)25-33)42-22-23-45-46(28-42)48-30-44(41-21-13-19-39(27-41)37-16-10-7-11-17-37)32-50-53(48)52-47(45)29-43(31-49(52)54(50,4)5)40-20-12-18-38(26-40)36-14-8-6-9-15-36/h6-32H,1-5H3. The first-order chi connectivity index (χ1) is 26.2. The molecular formula is C54H42. The highest BCUT2D eigenvalue weighted by atomic mass is 14.4. The molecule has 9 aromatic carbocycles. The summed E-state index contributed by atoms with van der Waals surface area (Å²) in [5.74, 6) is 0. The molecule has 1 aliphatic carbocycles. The zero-order valence-corrected chi connectivity index (χ0v) is 31.6. The molecule has 1 aliphatic rings. The third kappa shape index (κ3) is 5.05. The zero-order valence-electron chi connectivity index (χ0n) is 31.6. The van der Waals surface area contributed by atoms with Crippen molar-refractivity contribution in [2.24, 2.45) is 0 Å². The maximum Gasteiger partial charge on any atom is 0.0159 e. The molecule has 0 unspecified atom stereocenters. The van der Waals surface area contributed by atoms with Gasteiger partial charge >= 0.3 is 0 Å². The number of hydrogen-bond donors (Lipinski definition) is 0. The predicted molar refractivity (Wildman–Crippen MR) is 232 cm³/mol. The van der Waals surface area contributed by atoms with Crippen LogP contribution in [0.1, 0.15) is 41.7 Å². The van der Waals surface area contributed by atoms with Gasteiger partial charge in [-0.2, -0.15) is 0 Å². The van der Waals surface area contributed by atoms with Gasteiger partial charge in [-0.3, -0.25) is 0 Å². The molecule has 10 rings (SSSR count). The van der Waals surface area contributed by atoms with Crippen molar-refractivity contribution < 1.29 is 0 Å². The molecule has 54 heavy (non-hydrogen) atoms. The second-order valence-corrected chi connectivity index (χ2v) is 15.9. The average molecular weight is 691 g/mol. The van der Waals surface area contributed by atoms with Gasteiger partial charge in [-0.1, -0.05) is 141 Å². The normalized spacial score (nSPS) is 13.1. The minimum Gasteiger partial charge on any atom is -0.0622 e. The molecule has 0 heteroatoms. The first kappa shape index (κ1) is 32.4. The molecule has 0 saturated heterocycles. The van der Waals surface area contributed by atoms with Gasteiger partial charge in [0.15, 0.2) is 0 Å². The molecule has 0 bridgehead atoms. The van der Waals surface area contributed by atoms with Crippen LogP contribution in [0.15, 0.2) is 164 Å². The van der Waals surface area contributed by atoms with E-state index in [1.807, 2.05) is 0 Å². The van der Waals surface area contributed by atoms with E-state index >= 15 is 0 Å². The minimum atomic E-state index is -0.191. The van der Waals surface area contributed by atoms with Gasteiger partial charge in [0.25, 0.3) is 0 Å². The molecule has 0 saturated carbocycles. The summed E-state index contributed by atoms with van der Waals surface area (Å²) in [4.78, 5) is 0. The van der Waals surface area contributed by atoms with Gasteiger partial charge in [-0.25, -0.2) is 0 Å². The van der Waals surface area contributed by atoms with Crippen LogP contribution in [0.25, 0.3) is 88.0 Å². The van der Waals surface area contributed by atoms with E-state index in [0.717, 1.165) is 0 Å². The zero-order chi connectivity index (χ0) is 36.7. The highest BCUT2D eigenvalue weighted by molar-refractivity contribution is 6.30. The maximum atomic E-state index is 2.49. The van der Waals surface area contributed by atoms with Crippen molar-refractivity contribution in [2.75, 3.05) is 0 Å². The topological polar surface area (TPSA) is 0 Å². The molecule has 0 aliphatic heterocycles. The van der Waals surface area contributed by atoms with E-state index in [-0.39, 0.29) is 5.41 Å². The lowest BCUT2D eigenvalue weighted by atomic mass is 9.80. The quantitative estimate of drug-likeness (QED) is 0.158. The molecule has 0 radical (unpaired) electrons. The van der Waals surface area contributed by atoms with Gasteiger partial charge in [0.1, 0.15) is 0 Å². The SMILES string of the molecule is Cc1cc(C)c(-c2ccc3c(c2)c2cc(-c4cccc(-c5ccccc5)c4)cc4c2c2c(cc(-c5cccc(-c6ccccc6)c5)cc32)C4(C)C)c(C)c1. The average Bonchev–Trinajstić information content (AvgIpc) is 3.43. The van der Waals surface area contributed by atoms with Crippen molar-refractivity contribution in [1.29, 1.82) is 0 Å². The van der Waals surface area contributed by atoms with Gasteiger partial charge in [-0.05, 0) is 173 Å². The first-order valence-electron chi connectivity index (χ1n) is 19.2. The molecule has 0 nitrogen and oxygen atoms in total. The van der Waals surface area contributed by atoms with Gasteiger partial charge in [-0.15, -0.1) is 0 Å². The van der Waals surface area contributed by atoms with Crippen LogP contribution in [0.4, 0.5) is 0 Å². The lowest BCUT2D eigenvalue weighted by Gasteiger charge is -2.23. The van der Waals surface area contributed by atoms with Crippen LogP contribution in [0, 0.1) is 20.8 Å². The Morgan fingerprint density at radius 2 is 0.741 bits per heavy atom. The van der Waals surface area contributed by atoms with E-state index in [9.17, 15) is 0 Å². The fourth-order valence-corrected chi connectivity index (χ4v) is 9.52. The van der Waals surface area contributed by atoms with E-state index in [0.29, 0.717) is 0 Å². The summed E-state index contributed by atoms with van der Waals surface area (Å²) in [7, 11) is 0. The second kappa shape index (κ2) is 12.2. The number of rotatable bonds is 5. The predicted octanol–water partition coefficient (Wildman–Crippen LogP) is 15.0. The molecule has 0 N–H and O–H groups in total. The van der Waals surface area contributed by atoms with Crippen molar-refractivity contribution in [3.8, 4) is 55.6 Å². The molecule has 0 atom stereocenters. The number of hydrogen-bond acceptors (Lipinski definition) is 0. The van der Waals surface area contributed by atoms with Crippen LogP contribution in [-0.4, -0.2) is 0 Å². The number of fused-ring (bicyclic) bond motifs is 3. The van der Waals surface area contributed by atoms with Gasteiger partial charge in [0.2, 0.25) is 0 Å². The highest BCUT2D eigenvalue weighted by Crippen LogP contribution is 2.54. The molecule has 0 spiro atoms. The monoisotopic (exact) mass is 690 g/mol. The van der Waals surface area contributed by atoms with E-state index in [1.165, 1.54) is 116 Å². The smallest absolute Gasteiger partial charge is 0.0159 e. The summed E-state index contributed by atoms with van der Waals surface area (Å²) < 4.78 is 0. The van der Waals surface area contributed by atoms with Gasteiger partial charge in [0, 0.05) is 5.41 Å². The van der Waals surface area contributed by atoms with Crippen molar-refractivity contribution in [1.82, 2.24) is 0 Å². The Kier molecular flexibility index (Phi) is 7.29. The summed E-state index contributed by atoms with van der Waals surface area (Å²) in [6.45, 7) is 11.6. The van der Waals surface area contributed by atoms with Crippen LogP contribution in [0.2, 0.25) is 0 Å². The van der Waals surface area contributed by atoms with Gasteiger partial charge < -0.3 is 0 Å². The maximum absolute atomic E-state index is 2.49. The minimum absolute atomic E-state index is 0.191. The summed E-state index contributed by atoms with van der Waals surface area (Å²) in [5, 5.41) is 8.11. The van der Waals surface area contributed by atoms with Crippen molar-refractivity contribution in [2.45, 2.75) is 40.0 Å². The summed E-state index contributed by atoms with van der Waals surface area (Å²) in [6, 6.07) is 61.4. The van der Waals surface area contributed by atoms with Crippen LogP contribution in [0.5, 0.6) is 0 Å². The van der Waals surface area contributed by atoms with E-state index in [4.69, 9.17) is 0 Å². The van der Waals surface area contributed by atoms with Crippen LogP contribution < -0.4 is 0 Å². The Morgan fingerprint density at radius 3 is 1.24 bits per heavy atom. The summed E-state index contributed by atoms with van der Waals surface area (Å²) in [6.07, 6.45) is 0. The number of aryl methyl sites for hydroxylation is 3. The summed E-state index contributed by atoms with van der Waals surface area (Å²) >= 11 is 0. The summed E-state index contributed by atoms with van der Waals surface area (Å²) in [5.41, 5.74) is 19.2. The molecule has 0 fully saturated rings. The lowest BCUT2D eigenvalue weighted by Crippen LogP contribution is -2.15. The molecule has 0 aromatic heterocycles. The van der Waals surface area contributed by atoms with Gasteiger partial charge in [0.05, 0.1) is 0 Å². The molecule has 9 aromatic rings. The van der Waals surface area contributed by atoms with Crippen molar-refractivity contribution >= 4 is 32.3 Å². The first-order valence-corrected chi connectivity index (χ1v) is 19.2. The Bertz CT molecular complexity index is 2940. The third-order valence-electron chi connectivity index (χ3n) is 12.0. The van der Waals surface area contributed by atoms with E-state index in [1.54, 1.807) is 0 Å². The Balaban J connectivity index is 1.27. The third-order valence-corrected chi connectivity index (χ3v) is 12.0. The fraction of sp³-hybridized carbons (Fsp3) is 0.111. The Morgan fingerprint density at radius 1 is 0.315 bits per heavy atom.